The molecule has 1 amide bonds. The number of nitrogens with zero attached hydrogens (tertiary/aromatic N) is 1. The molecule has 0 aromatic rings. The molecule has 0 saturated carbocycles. The summed E-state index contributed by atoms with van der Waals surface area (Å²) in [5.41, 5.74) is 5.29. The fourth-order valence-corrected chi connectivity index (χ4v) is 2.04. The lowest BCUT2D eigenvalue weighted by Crippen LogP contribution is -2.35. The summed E-state index contributed by atoms with van der Waals surface area (Å²) < 4.78 is 0. The first-order valence-corrected chi connectivity index (χ1v) is 6.41. The van der Waals surface area contributed by atoms with Crippen LogP contribution >= 0.6 is 12.4 Å². The summed E-state index contributed by atoms with van der Waals surface area (Å²) >= 11 is 0. The quantitative estimate of drug-likeness (QED) is 0.703. The Morgan fingerprint density at radius 3 is 2.65 bits per heavy atom. The van der Waals surface area contributed by atoms with Gasteiger partial charge in [-0.15, -0.1) is 12.4 Å². The molecule has 0 aliphatic carbocycles. The Bertz CT molecular complexity index is 206. The molecule has 0 bridgehead atoms. The first kappa shape index (κ1) is 16.7. The number of nitrogens with one attached hydrogen (secondary N) is 1. The summed E-state index contributed by atoms with van der Waals surface area (Å²) in [6.07, 6.45) is 4.13. The number of halogens is 1. The number of hydrogen-bond donors (Lipinski definition) is 2. The third kappa shape index (κ3) is 7.58. The van der Waals surface area contributed by atoms with Crippen molar-refractivity contribution in [2.75, 3.05) is 32.7 Å². The van der Waals surface area contributed by atoms with Crippen LogP contribution in [0.3, 0.4) is 0 Å². The average molecular weight is 264 g/mol. The van der Waals surface area contributed by atoms with E-state index in [1.165, 1.54) is 25.9 Å². The molecule has 102 valence electrons. The van der Waals surface area contributed by atoms with Crippen molar-refractivity contribution in [1.82, 2.24) is 10.2 Å². The fourth-order valence-electron chi connectivity index (χ4n) is 2.04. The first-order chi connectivity index (χ1) is 7.72. The van der Waals surface area contributed by atoms with E-state index in [1.54, 1.807) is 0 Å². The van der Waals surface area contributed by atoms with Crippen LogP contribution in [0.5, 0.6) is 0 Å². The predicted octanol–water partition coefficient (Wildman–Crippen LogP) is 0.995. The Labute approximate surface area is 111 Å². The van der Waals surface area contributed by atoms with Crippen LogP contribution in [0.25, 0.3) is 0 Å². The summed E-state index contributed by atoms with van der Waals surface area (Å²) in [7, 11) is 0. The molecule has 1 rings (SSSR count). The third-order valence-electron chi connectivity index (χ3n) is 3.22. The lowest BCUT2D eigenvalue weighted by Gasteiger charge is -2.30. The molecule has 0 aromatic heterocycles. The number of piperidine rings is 1. The Hall–Kier alpha value is -0.320. The molecule has 4 nitrogen and oxygen atoms in total. The van der Waals surface area contributed by atoms with Gasteiger partial charge in [0.15, 0.2) is 0 Å². The highest BCUT2D eigenvalue weighted by atomic mass is 35.5. The number of nitrogens with two attached hydrogens (primary N) is 1. The van der Waals surface area contributed by atoms with Crippen molar-refractivity contribution in [3.8, 4) is 0 Å². The van der Waals surface area contributed by atoms with Crippen LogP contribution < -0.4 is 11.1 Å². The number of amides is 1. The molecular formula is C12H26ClN3O. The van der Waals surface area contributed by atoms with Crippen molar-refractivity contribution in [2.24, 2.45) is 11.7 Å². The fraction of sp³-hybridized carbons (Fsp3) is 0.917. The Balaban J connectivity index is 0.00000256. The summed E-state index contributed by atoms with van der Waals surface area (Å²) in [5.74, 6) is 0.968. The monoisotopic (exact) mass is 263 g/mol. The maximum Gasteiger partial charge on any atom is 0.221 e. The summed E-state index contributed by atoms with van der Waals surface area (Å²) in [6, 6.07) is 0. The van der Waals surface area contributed by atoms with Gasteiger partial charge in [-0.05, 0) is 44.8 Å². The second kappa shape index (κ2) is 9.68. The van der Waals surface area contributed by atoms with Crippen LogP contribution in [0.15, 0.2) is 0 Å². The summed E-state index contributed by atoms with van der Waals surface area (Å²) in [6.45, 7) is 7.09. The lowest BCUT2D eigenvalue weighted by molar-refractivity contribution is -0.120. The number of carbonyl (C=O) groups excluding carboxylic acids is 1. The second-order valence-electron chi connectivity index (χ2n) is 4.77. The van der Waals surface area contributed by atoms with Crippen molar-refractivity contribution < 1.29 is 4.79 Å². The molecule has 0 unspecified atom stereocenters. The molecule has 0 radical (unpaired) electrons. The van der Waals surface area contributed by atoms with Crippen LogP contribution in [0.4, 0.5) is 0 Å². The molecular weight excluding hydrogens is 238 g/mol. The summed E-state index contributed by atoms with van der Waals surface area (Å²) in [4.78, 5) is 13.6. The minimum absolute atomic E-state index is 0. The molecule has 17 heavy (non-hydrogen) atoms. The van der Waals surface area contributed by atoms with Crippen molar-refractivity contribution in [2.45, 2.75) is 32.6 Å². The predicted molar refractivity (Wildman–Crippen MR) is 73.4 cm³/mol. The minimum Gasteiger partial charge on any atom is -0.356 e. The van der Waals surface area contributed by atoms with E-state index in [2.05, 4.69) is 17.1 Å². The Morgan fingerprint density at radius 1 is 1.41 bits per heavy atom. The number of rotatable bonds is 6. The van der Waals surface area contributed by atoms with Gasteiger partial charge >= 0.3 is 0 Å². The SMILES string of the molecule is CC1CCN(CCCNC(=O)CCN)CC1.Cl. The van der Waals surface area contributed by atoms with E-state index in [1.807, 2.05) is 0 Å². The van der Waals surface area contributed by atoms with Crippen LogP contribution in [0.1, 0.15) is 32.6 Å². The van der Waals surface area contributed by atoms with E-state index in [0.717, 1.165) is 25.4 Å². The van der Waals surface area contributed by atoms with Crippen molar-refractivity contribution in [3.63, 3.8) is 0 Å². The van der Waals surface area contributed by atoms with Gasteiger partial charge in [-0.2, -0.15) is 0 Å². The Kier molecular flexibility index (Phi) is 9.50. The molecule has 1 aliphatic rings. The van der Waals surface area contributed by atoms with E-state index in [-0.39, 0.29) is 18.3 Å². The summed E-state index contributed by atoms with van der Waals surface area (Å²) in [5, 5.41) is 2.89. The number of likely N-dealkylation sites (tertiary alicyclic amines) is 1. The third-order valence-corrected chi connectivity index (χ3v) is 3.22. The van der Waals surface area contributed by atoms with Gasteiger partial charge in [0.25, 0.3) is 0 Å². The highest BCUT2D eigenvalue weighted by molar-refractivity contribution is 5.85. The van der Waals surface area contributed by atoms with Gasteiger partial charge in [0.2, 0.25) is 5.91 Å². The van der Waals surface area contributed by atoms with E-state index >= 15 is 0 Å². The molecule has 1 saturated heterocycles. The zero-order chi connectivity index (χ0) is 11.8. The van der Waals surface area contributed by atoms with Crippen molar-refractivity contribution >= 4 is 18.3 Å². The maximum absolute atomic E-state index is 11.1. The average Bonchev–Trinajstić information content (AvgIpc) is 2.27. The van der Waals surface area contributed by atoms with Crippen LogP contribution in [-0.2, 0) is 4.79 Å². The largest absolute Gasteiger partial charge is 0.356 e. The molecule has 1 aliphatic heterocycles. The Morgan fingerprint density at radius 2 is 2.06 bits per heavy atom. The van der Waals surface area contributed by atoms with E-state index in [9.17, 15) is 4.79 Å². The molecule has 0 aromatic carbocycles. The van der Waals surface area contributed by atoms with Crippen LogP contribution in [0, 0.1) is 5.92 Å². The smallest absolute Gasteiger partial charge is 0.221 e. The second-order valence-corrected chi connectivity index (χ2v) is 4.77. The van der Waals surface area contributed by atoms with Gasteiger partial charge < -0.3 is 16.0 Å². The number of carbonyl (C=O) groups is 1. The van der Waals surface area contributed by atoms with Gasteiger partial charge in [-0.3, -0.25) is 4.79 Å². The number of hydrogen-bond acceptors (Lipinski definition) is 3. The van der Waals surface area contributed by atoms with Crippen LogP contribution in [-0.4, -0.2) is 43.5 Å². The van der Waals surface area contributed by atoms with E-state index in [4.69, 9.17) is 5.73 Å². The molecule has 0 spiro atoms. The maximum atomic E-state index is 11.1. The zero-order valence-corrected chi connectivity index (χ0v) is 11.6. The zero-order valence-electron chi connectivity index (χ0n) is 10.8. The lowest BCUT2D eigenvalue weighted by atomic mass is 9.99. The molecule has 3 N–H and O–H groups in total. The molecule has 0 atom stereocenters. The van der Waals surface area contributed by atoms with Crippen molar-refractivity contribution in [3.05, 3.63) is 0 Å². The standard InChI is InChI=1S/C12H25N3O.ClH/c1-11-4-9-15(10-5-11)8-2-7-14-12(16)3-6-13;/h11H,2-10,13H2,1H3,(H,14,16);1H. The highest BCUT2D eigenvalue weighted by Gasteiger charge is 2.14. The molecule has 5 heteroatoms. The highest BCUT2D eigenvalue weighted by Crippen LogP contribution is 2.15. The van der Waals surface area contributed by atoms with Crippen molar-refractivity contribution in [1.29, 1.82) is 0 Å². The topological polar surface area (TPSA) is 58.4 Å². The first-order valence-electron chi connectivity index (χ1n) is 6.41. The van der Waals surface area contributed by atoms with Gasteiger partial charge in [0.1, 0.15) is 0 Å². The molecule has 1 fully saturated rings. The normalized spacial score (nSPS) is 17.5. The van der Waals surface area contributed by atoms with E-state index < -0.39 is 0 Å². The molecule has 1 heterocycles. The van der Waals surface area contributed by atoms with Gasteiger partial charge in [-0.1, -0.05) is 6.92 Å². The van der Waals surface area contributed by atoms with Gasteiger partial charge in [-0.25, -0.2) is 0 Å². The van der Waals surface area contributed by atoms with Gasteiger partial charge in [0, 0.05) is 19.5 Å². The van der Waals surface area contributed by atoms with Crippen LogP contribution in [0.2, 0.25) is 0 Å². The minimum atomic E-state index is 0. The van der Waals surface area contributed by atoms with Gasteiger partial charge in [0.05, 0.1) is 0 Å². The van der Waals surface area contributed by atoms with E-state index in [0.29, 0.717) is 13.0 Å².